The van der Waals surface area contributed by atoms with Gasteiger partial charge in [-0.2, -0.15) is 13.2 Å². The van der Waals surface area contributed by atoms with Gasteiger partial charge in [0, 0.05) is 6.42 Å². The molecule has 0 N–H and O–H groups in total. The van der Waals surface area contributed by atoms with E-state index in [1.165, 1.54) is 0 Å². The summed E-state index contributed by atoms with van der Waals surface area (Å²) in [5.41, 5.74) is 0. The van der Waals surface area contributed by atoms with Gasteiger partial charge in [-0.3, -0.25) is 0 Å². The van der Waals surface area contributed by atoms with Crippen molar-refractivity contribution in [2.24, 2.45) is 0 Å². The Bertz CT molecular complexity index is 134. The molecule has 0 unspecified atom stereocenters. The Morgan fingerprint density at radius 3 is 2.45 bits per heavy atom. The summed E-state index contributed by atoms with van der Waals surface area (Å²) in [5, 5.41) is 0.650. The number of hydrogen-bond acceptors (Lipinski definition) is 1. The molecule has 0 bridgehead atoms. The second-order valence-corrected chi connectivity index (χ2v) is 5.90. The molecule has 0 aromatic rings. The summed E-state index contributed by atoms with van der Waals surface area (Å²) in [6.07, 6.45) is -4.77. The first-order valence-electron chi connectivity index (χ1n) is 3.18. The molecule has 0 aliphatic rings. The van der Waals surface area contributed by atoms with Crippen LogP contribution < -0.4 is 0 Å². The van der Waals surface area contributed by atoms with Crippen molar-refractivity contribution in [1.82, 2.24) is 0 Å². The van der Waals surface area contributed by atoms with Gasteiger partial charge >= 0.3 is 6.18 Å². The number of allylic oxidation sites excluding steroid dienone is 1. The Kier molecular flexibility index (Phi) is 4.70. The van der Waals surface area contributed by atoms with Crippen LogP contribution in [0.2, 0.25) is 0 Å². The van der Waals surface area contributed by atoms with Crippen LogP contribution in [-0.2, 0) is 4.12 Å². The van der Waals surface area contributed by atoms with Crippen molar-refractivity contribution >= 4 is 20.2 Å². The lowest BCUT2D eigenvalue weighted by Crippen LogP contribution is -2.09. The van der Waals surface area contributed by atoms with Crippen LogP contribution in [0, 0.1) is 0 Å². The Labute approximate surface area is 69.1 Å². The zero-order valence-corrected chi connectivity index (χ0v) is 9.78. The molecule has 0 saturated heterocycles. The molecule has 0 radical (unpaired) electrons. The van der Waals surface area contributed by atoms with Crippen LogP contribution in [0.5, 0.6) is 0 Å². The van der Waals surface area contributed by atoms with Crippen LogP contribution in [0.4, 0.5) is 13.2 Å². The molecule has 0 atom stereocenters. The van der Waals surface area contributed by atoms with Gasteiger partial charge in [-0.15, -0.1) is 6.58 Å². The Morgan fingerprint density at radius 2 is 2.09 bits per heavy atom. The first-order valence-corrected chi connectivity index (χ1v) is 5.28. The van der Waals surface area contributed by atoms with E-state index in [1.807, 2.05) is 0 Å². The molecule has 0 saturated carbocycles. The predicted molar refractivity (Wildman–Crippen MR) is 44.0 cm³/mol. The monoisotopic (exact) mass is 200 g/mol. The Morgan fingerprint density at radius 1 is 1.55 bits per heavy atom. The molecule has 0 spiro atoms. The van der Waals surface area contributed by atoms with Gasteiger partial charge in [-0.1, -0.05) is 5.20 Å². The third kappa shape index (κ3) is 7.82. The van der Waals surface area contributed by atoms with Crippen LogP contribution in [0.15, 0.2) is 11.8 Å². The summed E-state index contributed by atoms with van der Waals surface area (Å²) in [6.45, 7) is 3.51. The van der Waals surface area contributed by atoms with Crippen molar-refractivity contribution < 1.29 is 17.3 Å². The lowest BCUT2D eigenvalue weighted by molar-refractivity contribution is -0.133. The lowest BCUT2D eigenvalue weighted by Gasteiger charge is -2.06. The highest BCUT2D eigenvalue weighted by Crippen LogP contribution is 2.22. The average molecular weight is 200 g/mol. The maximum absolute atomic E-state index is 11.6. The molecule has 0 amide bonds. The number of rotatable bonds is 4. The van der Waals surface area contributed by atoms with E-state index in [4.69, 9.17) is 4.12 Å². The van der Waals surface area contributed by atoms with Crippen molar-refractivity contribution in [1.29, 1.82) is 0 Å². The summed E-state index contributed by atoms with van der Waals surface area (Å²) >= 11 is 0. The molecule has 0 aliphatic heterocycles. The standard InChI is InChI=1S/C5H11F3OSi2/c1-4(11-9-10)2-3-5(6,7)8/h1-3,11H2,10H3. The van der Waals surface area contributed by atoms with E-state index in [9.17, 15) is 13.2 Å². The molecule has 6 heteroatoms. The molecule has 0 aliphatic carbocycles. The normalized spacial score (nSPS) is 13.0. The minimum absolute atomic E-state index is 0.0396. The lowest BCUT2D eigenvalue weighted by atomic mass is 10.3. The van der Waals surface area contributed by atoms with Crippen LogP contribution in [0.1, 0.15) is 12.8 Å². The zero-order chi connectivity index (χ0) is 8.91. The van der Waals surface area contributed by atoms with E-state index in [0.717, 1.165) is 0 Å². The molecule has 66 valence electrons. The number of hydrogen-bond donors (Lipinski definition) is 0. The molecule has 0 rings (SSSR count). The van der Waals surface area contributed by atoms with Crippen molar-refractivity contribution in [2.45, 2.75) is 19.0 Å². The van der Waals surface area contributed by atoms with Gasteiger partial charge in [0.15, 0.2) is 9.76 Å². The van der Waals surface area contributed by atoms with Gasteiger partial charge in [0.2, 0.25) is 0 Å². The van der Waals surface area contributed by atoms with E-state index in [-0.39, 0.29) is 6.42 Å². The first-order chi connectivity index (χ1) is 4.95. The van der Waals surface area contributed by atoms with Crippen molar-refractivity contribution in [3.8, 4) is 0 Å². The fourth-order valence-corrected chi connectivity index (χ4v) is 2.55. The maximum atomic E-state index is 11.6. The summed E-state index contributed by atoms with van der Waals surface area (Å²) in [7, 11) is -0.253. The highest BCUT2D eigenvalue weighted by atomic mass is 28.3. The van der Waals surface area contributed by atoms with Crippen molar-refractivity contribution in [3.63, 3.8) is 0 Å². The van der Waals surface area contributed by atoms with Crippen molar-refractivity contribution in [2.75, 3.05) is 0 Å². The van der Waals surface area contributed by atoms with Gasteiger partial charge in [-0.25, -0.2) is 0 Å². The van der Waals surface area contributed by atoms with Crippen LogP contribution in [0.25, 0.3) is 0 Å². The smallest absolute Gasteiger partial charge is 0.389 e. The SMILES string of the molecule is C=C(CCC(F)(F)F)[SiH2]O[SiH3]. The van der Waals surface area contributed by atoms with Crippen LogP contribution in [0.3, 0.4) is 0 Å². The Balaban J connectivity index is 3.46. The summed E-state index contributed by atoms with van der Waals surface area (Å²) in [6, 6.07) is 0. The second kappa shape index (κ2) is 4.73. The average Bonchev–Trinajstić information content (AvgIpc) is 1.83. The Hall–Kier alpha value is -0.0762. The van der Waals surface area contributed by atoms with Crippen LogP contribution >= 0.6 is 0 Å². The van der Waals surface area contributed by atoms with Crippen molar-refractivity contribution in [3.05, 3.63) is 11.8 Å². The number of halogens is 3. The third-order valence-corrected chi connectivity index (χ3v) is 3.03. The molecule has 0 aromatic heterocycles. The highest BCUT2D eigenvalue weighted by molar-refractivity contribution is 6.42. The van der Waals surface area contributed by atoms with Gasteiger partial charge in [0.05, 0.1) is 0 Å². The van der Waals surface area contributed by atoms with E-state index >= 15 is 0 Å². The molecule has 1 nitrogen and oxygen atoms in total. The van der Waals surface area contributed by atoms with Gasteiger partial charge in [0.25, 0.3) is 0 Å². The quantitative estimate of drug-likeness (QED) is 0.590. The summed E-state index contributed by atoms with van der Waals surface area (Å²) in [5.74, 6) is 0. The molecule has 11 heavy (non-hydrogen) atoms. The highest BCUT2D eigenvalue weighted by Gasteiger charge is 2.26. The minimum atomic E-state index is -4.05. The number of alkyl halides is 3. The van der Waals surface area contributed by atoms with E-state index in [2.05, 4.69) is 6.58 Å². The van der Waals surface area contributed by atoms with Gasteiger partial charge in [0.1, 0.15) is 10.5 Å². The summed E-state index contributed by atoms with van der Waals surface area (Å²) < 4.78 is 39.7. The maximum Gasteiger partial charge on any atom is 0.389 e. The molecule has 0 heterocycles. The minimum Gasteiger partial charge on any atom is -0.465 e. The van der Waals surface area contributed by atoms with Crippen LogP contribution in [-0.4, -0.2) is 26.4 Å². The van der Waals surface area contributed by atoms with E-state index in [1.54, 1.807) is 0 Å². The zero-order valence-electron chi connectivity index (χ0n) is 6.37. The molecular formula is C5H11F3OSi2. The van der Waals surface area contributed by atoms with E-state index in [0.29, 0.717) is 15.7 Å². The topological polar surface area (TPSA) is 9.23 Å². The van der Waals surface area contributed by atoms with Gasteiger partial charge < -0.3 is 4.12 Å². The first kappa shape index (κ1) is 10.9. The summed E-state index contributed by atoms with van der Waals surface area (Å²) in [4.78, 5) is 0. The fraction of sp³-hybridized carbons (Fsp3) is 0.600. The second-order valence-electron chi connectivity index (χ2n) is 2.30. The third-order valence-electron chi connectivity index (χ3n) is 1.11. The van der Waals surface area contributed by atoms with Gasteiger partial charge in [-0.05, 0) is 6.42 Å². The largest absolute Gasteiger partial charge is 0.465 e. The predicted octanol–water partition coefficient (Wildman–Crippen LogP) is 0.223. The molecular weight excluding hydrogens is 189 g/mol. The molecule has 0 fully saturated rings. The van der Waals surface area contributed by atoms with E-state index < -0.39 is 22.4 Å². The fourth-order valence-electron chi connectivity index (χ4n) is 0.595. The molecule has 0 aromatic carbocycles.